The summed E-state index contributed by atoms with van der Waals surface area (Å²) in [7, 11) is 1.70. The standard InChI is InChI=1S/C18H19Cl2N3O3/c1-11(13-6-4-5-7-15(13)19)21-16(24)10-26-17(25)9-8-14-12(2)22-23(3)18(14)20/h4-9,11H,10H2,1-3H3,(H,21,24)/b9-8+. The molecule has 26 heavy (non-hydrogen) atoms. The van der Waals surface area contributed by atoms with Crippen LogP contribution in [0.1, 0.15) is 29.8 Å². The molecular formula is C18H19Cl2N3O3. The smallest absolute Gasteiger partial charge is 0.331 e. The molecule has 2 rings (SSSR count). The van der Waals surface area contributed by atoms with E-state index in [1.807, 2.05) is 18.2 Å². The molecule has 8 heteroatoms. The number of benzene rings is 1. The number of nitrogens with zero attached hydrogens (tertiary/aromatic N) is 2. The number of esters is 1. The van der Waals surface area contributed by atoms with Crippen LogP contribution >= 0.6 is 23.2 Å². The number of aryl methyl sites for hydroxylation is 2. The summed E-state index contributed by atoms with van der Waals surface area (Å²) in [6, 6.07) is 6.91. The molecule has 1 unspecified atom stereocenters. The molecule has 0 spiro atoms. The highest BCUT2D eigenvalue weighted by molar-refractivity contribution is 6.31. The Labute approximate surface area is 161 Å². The van der Waals surface area contributed by atoms with Gasteiger partial charge in [-0.05, 0) is 31.6 Å². The molecule has 1 aromatic carbocycles. The maximum atomic E-state index is 11.9. The van der Waals surface area contributed by atoms with E-state index < -0.39 is 18.5 Å². The Balaban J connectivity index is 1.86. The first-order valence-corrected chi connectivity index (χ1v) is 8.63. The maximum Gasteiger partial charge on any atom is 0.331 e. The molecule has 0 aliphatic heterocycles. The van der Waals surface area contributed by atoms with Gasteiger partial charge in [0.25, 0.3) is 5.91 Å². The van der Waals surface area contributed by atoms with Crippen LogP contribution in [0.5, 0.6) is 0 Å². The summed E-state index contributed by atoms with van der Waals surface area (Å²) in [4.78, 5) is 23.7. The van der Waals surface area contributed by atoms with Crippen molar-refractivity contribution in [2.45, 2.75) is 19.9 Å². The van der Waals surface area contributed by atoms with Crippen LogP contribution in [0, 0.1) is 6.92 Å². The molecule has 0 radical (unpaired) electrons. The Morgan fingerprint density at radius 3 is 2.65 bits per heavy atom. The molecule has 0 aliphatic rings. The zero-order valence-electron chi connectivity index (χ0n) is 14.6. The fraction of sp³-hybridized carbons (Fsp3) is 0.278. The fourth-order valence-corrected chi connectivity index (χ4v) is 2.90. The van der Waals surface area contributed by atoms with Crippen LogP contribution in [0.25, 0.3) is 6.08 Å². The van der Waals surface area contributed by atoms with Crippen molar-refractivity contribution in [3.63, 3.8) is 0 Å². The Kier molecular flexibility index (Phi) is 6.83. The molecular weight excluding hydrogens is 377 g/mol. The highest BCUT2D eigenvalue weighted by atomic mass is 35.5. The number of carbonyl (C=O) groups excluding carboxylic acids is 2. The average molecular weight is 396 g/mol. The number of ether oxygens (including phenoxy) is 1. The third-order valence-electron chi connectivity index (χ3n) is 3.68. The number of carbonyl (C=O) groups is 2. The molecule has 1 amide bonds. The number of rotatable bonds is 6. The lowest BCUT2D eigenvalue weighted by molar-refractivity contribution is -0.144. The van der Waals surface area contributed by atoms with Gasteiger partial charge < -0.3 is 10.1 Å². The van der Waals surface area contributed by atoms with Crippen molar-refractivity contribution in [3.8, 4) is 0 Å². The van der Waals surface area contributed by atoms with Crippen LogP contribution in [-0.2, 0) is 21.4 Å². The van der Waals surface area contributed by atoms with E-state index in [9.17, 15) is 9.59 Å². The normalized spacial score (nSPS) is 12.2. The van der Waals surface area contributed by atoms with Gasteiger partial charge in [0, 0.05) is 23.7 Å². The van der Waals surface area contributed by atoms with Crippen molar-refractivity contribution >= 4 is 41.2 Å². The fourth-order valence-electron chi connectivity index (χ4n) is 2.36. The Morgan fingerprint density at radius 2 is 2.04 bits per heavy atom. The molecule has 1 aromatic heterocycles. The van der Waals surface area contributed by atoms with Crippen molar-refractivity contribution in [1.29, 1.82) is 0 Å². The lowest BCUT2D eigenvalue weighted by atomic mass is 10.1. The van der Waals surface area contributed by atoms with Gasteiger partial charge in [-0.15, -0.1) is 0 Å². The van der Waals surface area contributed by atoms with Gasteiger partial charge in [-0.2, -0.15) is 5.10 Å². The molecule has 6 nitrogen and oxygen atoms in total. The van der Waals surface area contributed by atoms with Gasteiger partial charge in [0.2, 0.25) is 0 Å². The number of aromatic nitrogens is 2. The molecule has 1 atom stereocenters. The van der Waals surface area contributed by atoms with Crippen LogP contribution in [0.4, 0.5) is 0 Å². The van der Waals surface area contributed by atoms with E-state index in [-0.39, 0.29) is 6.04 Å². The number of hydrogen-bond acceptors (Lipinski definition) is 4. The van der Waals surface area contributed by atoms with E-state index in [0.29, 0.717) is 21.4 Å². The second-order valence-corrected chi connectivity index (χ2v) is 6.43. The maximum absolute atomic E-state index is 11.9. The Morgan fingerprint density at radius 1 is 1.35 bits per heavy atom. The zero-order chi connectivity index (χ0) is 19.3. The largest absolute Gasteiger partial charge is 0.452 e. The summed E-state index contributed by atoms with van der Waals surface area (Å²) in [5, 5.41) is 7.84. The van der Waals surface area contributed by atoms with Gasteiger partial charge in [-0.1, -0.05) is 41.4 Å². The predicted molar refractivity (Wildman–Crippen MR) is 101 cm³/mol. The highest BCUT2D eigenvalue weighted by Crippen LogP contribution is 2.22. The lowest BCUT2D eigenvalue weighted by Gasteiger charge is -2.15. The SMILES string of the molecule is Cc1nn(C)c(Cl)c1/C=C/C(=O)OCC(=O)NC(C)c1ccccc1Cl. The summed E-state index contributed by atoms with van der Waals surface area (Å²) in [5.41, 5.74) is 2.10. The summed E-state index contributed by atoms with van der Waals surface area (Å²) in [6.07, 6.45) is 2.72. The summed E-state index contributed by atoms with van der Waals surface area (Å²) in [6.45, 7) is 3.19. The quantitative estimate of drug-likeness (QED) is 0.600. The van der Waals surface area contributed by atoms with Crippen molar-refractivity contribution in [2.75, 3.05) is 6.61 Å². The van der Waals surface area contributed by atoms with Gasteiger partial charge >= 0.3 is 5.97 Å². The molecule has 1 N–H and O–H groups in total. The van der Waals surface area contributed by atoms with E-state index in [2.05, 4.69) is 10.4 Å². The second kappa shape index (κ2) is 8.87. The van der Waals surface area contributed by atoms with Crippen LogP contribution in [0.2, 0.25) is 10.2 Å². The second-order valence-electron chi connectivity index (χ2n) is 5.67. The van der Waals surface area contributed by atoms with Crippen LogP contribution < -0.4 is 5.32 Å². The Bertz CT molecular complexity index is 846. The lowest BCUT2D eigenvalue weighted by Crippen LogP contribution is -2.31. The molecule has 0 bridgehead atoms. The first kappa shape index (κ1) is 20.0. The minimum absolute atomic E-state index is 0.303. The highest BCUT2D eigenvalue weighted by Gasteiger charge is 2.13. The zero-order valence-corrected chi connectivity index (χ0v) is 16.1. The number of hydrogen-bond donors (Lipinski definition) is 1. The summed E-state index contributed by atoms with van der Waals surface area (Å²) >= 11 is 12.2. The first-order chi connectivity index (χ1) is 12.3. The van der Waals surface area contributed by atoms with Gasteiger partial charge in [-0.3, -0.25) is 9.48 Å². The molecule has 1 heterocycles. The molecule has 138 valence electrons. The monoisotopic (exact) mass is 395 g/mol. The predicted octanol–water partition coefficient (Wildman–Crippen LogP) is 3.47. The van der Waals surface area contributed by atoms with E-state index in [0.717, 1.165) is 5.56 Å². The van der Waals surface area contributed by atoms with Crippen LogP contribution in [0.15, 0.2) is 30.3 Å². The third-order valence-corrected chi connectivity index (χ3v) is 4.47. The van der Waals surface area contributed by atoms with Gasteiger partial charge in [-0.25, -0.2) is 4.79 Å². The molecule has 2 aromatic rings. The van der Waals surface area contributed by atoms with E-state index >= 15 is 0 Å². The first-order valence-electron chi connectivity index (χ1n) is 7.87. The Hall–Kier alpha value is -2.31. The molecule has 0 aliphatic carbocycles. The summed E-state index contributed by atoms with van der Waals surface area (Å²) in [5.74, 6) is -1.07. The third kappa shape index (κ3) is 5.09. The topological polar surface area (TPSA) is 73.2 Å². The molecule has 0 saturated heterocycles. The van der Waals surface area contributed by atoms with Gasteiger partial charge in [0.05, 0.1) is 11.7 Å². The van der Waals surface area contributed by atoms with E-state index in [1.54, 1.807) is 27.0 Å². The molecule has 0 saturated carbocycles. The van der Waals surface area contributed by atoms with Crippen LogP contribution in [-0.4, -0.2) is 28.3 Å². The number of amides is 1. The van der Waals surface area contributed by atoms with E-state index in [1.165, 1.54) is 16.8 Å². The average Bonchev–Trinajstić information content (AvgIpc) is 2.83. The van der Waals surface area contributed by atoms with Crippen molar-refractivity contribution < 1.29 is 14.3 Å². The minimum Gasteiger partial charge on any atom is -0.452 e. The number of nitrogens with one attached hydrogen (secondary N) is 1. The minimum atomic E-state index is -0.648. The van der Waals surface area contributed by atoms with Gasteiger partial charge in [0.15, 0.2) is 6.61 Å². The van der Waals surface area contributed by atoms with E-state index in [4.69, 9.17) is 27.9 Å². The summed E-state index contributed by atoms with van der Waals surface area (Å²) < 4.78 is 6.44. The van der Waals surface area contributed by atoms with Crippen molar-refractivity contribution in [2.24, 2.45) is 7.05 Å². The van der Waals surface area contributed by atoms with Crippen molar-refractivity contribution in [1.82, 2.24) is 15.1 Å². The molecule has 0 fully saturated rings. The van der Waals surface area contributed by atoms with Crippen LogP contribution in [0.3, 0.4) is 0 Å². The number of halogens is 2. The van der Waals surface area contributed by atoms with Crippen molar-refractivity contribution in [3.05, 3.63) is 57.3 Å². The van der Waals surface area contributed by atoms with Gasteiger partial charge in [0.1, 0.15) is 5.15 Å².